The van der Waals surface area contributed by atoms with Crippen LogP contribution in [0, 0.1) is 5.92 Å². The zero-order chi connectivity index (χ0) is 13.1. The van der Waals surface area contributed by atoms with E-state index in [1.54, 1.807) is 0 Å². The van der Waals surface area contributed by atoms with Crippen LogP contribution in [0.15, 0.2) is 18.2 Å². The minimum atomic E-state index is 0. The lowest BCUT2D eigenvalue weighted by Crippen LogP contribution is -2.37. The Balaban J connectivity index is 0.00000147. The van der Waals surface area contributed by atoms with Crippen molar-refractivity contribution in [2.45, 2.75) is 19.4 Å². The molecule has 1 saturated heterocycles. The van der Waals surface area contributed by atoms with Crippen LogP contribution >= 0.6 is 12.4 Å². The van der Waals surface area contributed by atoms with Crippen molar-refractivity contribution in [3.8, 4) is 11.5 Å². The van der Waals surface area contributed by atoms with E-state index in [1.807, 2.05) is 18.2 Å². The summed E-state index contributed by atoms with van der Waals surface area (Å²) in [4.78, 5) is 12.1. The maximum atomic E-state index is 12.1. The molecule has 1 aromatic carbocycles. The van der Waals surface area contributed by atoms with Crippen LogP contribution in [0.4, 0.5) is 0 Å². The fourth-order valence-electron chi connectivity index (χ4n) is 2.54. The third-order valence-electron chi connectivity index (χ3n) is 3.64. The molecule has 2 aliphatic heterocycles. The number of nitrogens with one attached hydrogen (secondary N) is 2. The Kier molecular flexibility index (Phi) is 5.09. The number of hydrogen-bond donors (Lipinski definition) is 2. The van der Waals surface area contributed by atoms with Crippen LogP contribution in [0.1, 0.15) is 18.4 Å². The van der Waals surface area contributed by atoms with E-state index < -0.39 is 0 Å². The van der Waals surface area contributed by atoms with Crippen LogP contribution < -0.4 is 20.1 Å². The lowest BCUT2D eigenvalue weighted by Gasteiger charge is -2.21. The van der Waals surface area contributed by atoms with Crippen LogP contribution in [0.2, 0.25) is 0 Å². The summed E-state index contributed by atoms with van der Waals surface area (Å²) in [5, 5.41) is 6.26. The third kappa shape index (κ3) is 3.16. The summed E-state index contributed by atoms with van der Waals surface area (Å²) in [6.45, 7) is 2.61. The molecule has 1 fully saturated rings. The van der Waals surface area contributed by atoms with Gasteiger partial charge in [-0.1, -0.05) is 12.1 Å². The van der Waals surface area contributed by atoms with Gasteiger partial charge in [-0.05, 0) is 32.0 Å². The summed E-state index contributed by atoms with van der Waals surface area (Å²) in [7, 11) is 0. The molecule has 2 N–H and O–H groups in total. The molecule has 0 saturated carbocycles. The molecule has 5 nitrogen and oxygen atoms in total. The minimum absolute atomic E-state index is 0. The maximum Gasteiger partial charge on any atom is 0.231 e. The van der Waals surface area contributed by atoms with Crippen LogP contribution in [0.3, 0.4) is 0 Å². The van der Waals surface area contributed by atoms with Gasteiger partial charge >= 0.3 is 0 Å². The highest BCUT2D eigenvalue weighted by Gasteiger charge is 2.22. The predicted octanol–water partition coefficient (Wildman–Crippen LogP) is 1.45. The van der Waals surface area contributed by atoms with Gasteiger partial charge in [-0.15, -0.1) is 12.4 Å². The van der Waals surface area contributed by atoms with Crippen LogP contribution in [0.5, 0.6) is 11.5 Å². The van der Waals surface area contributed by atoms with Crippen LogP contribution in [-0.2, 0) is 11.3 Å². The number of piperidine rings is 1. The van der Waals surface area contributed by atoms with E-state index in [4.69, 9.17) is 9.47 Å². The molecule has 0 radical (unpaired) electrons. The molecule has 1 aromatic rings. The van der Waals surface area contributed by atoms with Gasteiger partial charge in [0, 0.05) is 18.0 Å². The van der Waals surface area contributed by atoms with E-state index in [0.717, 1.165) is 43.0 Å². The summed E-state index contributed by atoms with van der Waals surface area (Å²) in [6, 6.07) is 5.75. The Morgan fingerprint density at radius 3 is 2.90 bits per heavy atom. The van der Waals surface area contributed by atoms with Crippen molar-refractivity contribution < 1.29 is 14.3 Å². The SMILES string of the molecule is Cl.O=C(NCc1cccc2c1OCO2)C1CCNCC1. The molecular formula is C14H19ClN2O3. The number of ether oxygens (including phenoxy) is 2. The number of hydrogen-bond acceptors (Lipinski definition) is 4. The van der Waals surface area contributed by atoms with Gasteiger partial charge in [0.2, 0.25) is 12.7 Å². The molecule has 0 aromatic heterocycles. The lowest BCUT2D eigenvalue weighted by molar-refractivity contribution is -0.125. The van der Waals surface area contributed by atoms with E-state index in [2.05, 4.69) is 10.6 Å². The van der Waals surface area contributed by atoms with E-state index in [9.17, 15) is 4.79 Å². The molecule has 0 aliphatic carbocycles. The highest BCUT2D eigenvalue weighted by molar-refractivity contribution is 5.85. The summed E-state index contributed by atoms with van der Waals surface area (Å²) < 4.78 is 10.7. The minimum Gasteiger partial charge on any atom is -0.454 e. The van der Waals surface area contributed by atoms with Crippen molar-refractivity contribution in [3.05, 3.63) is 23.8 Å². The predicted molar refractivity (Wildman–Crippen MR) is 77.3 cm³/mol. The quantitative estimate of drug-likeness (QED) is 0.887. The van der Waals surface area contributed by atoms with Gasteiger partial charge in [0.1, 0.15) is 0 Å². The van der Waals surface area contributed by atoms with Crippen molar-refractivity contribution in [1.29, 1.82) is 0 Å². The Bertz CT molecular complexity index is 475. The molecule has 2 aliphatic rings. The summed E-state index contributed by atoms with van der Waals surface area (Å²) in [5.74, 6) is 1.79. The summed E-state index contributed by atoms with van der Waals surface area (Å²) in [5.41, 5.74) is 0.970. The van der Waals surface area contributed by atoms with E-state index in [1.165, 1.54) is 0 Å². The zero-order valence-electron chi connectivity index (χ0n) is 11.2. The van der Waals surface area contributed by atoms with Crippen molar-refractivity contribution >= 4 is 18.3 Å². The molecule has 20 heavy (non-hydrogen) atoms. The first-order valence-corrected chi connectivity index (χ1v) is 6.70. The molecule has 2 heterocycles. The van der Waals surface area contributed by atoms with Crippen molar-refractivity contribution in [3.63, 3.8) is 0 Å². The first-order valence-electron chi connectivity index (χ1n) is 6.70. The largest absolute Gasteiger partial charge is 0.454 e. The van der Waals surface area contributed by atoms with Gasteiger partial charge in [-0.25, -0.2) is 0 Å². The second-order valence-corrected chi connectivity index (χ2v) is 4.89. The topological polar surface area (TPSA) is 59.6 Å². The molecule has 110 valence electrons. The number of halogens is 1. The van der Waals surface area contributed by atoms with Gasteiger partial charge in [-0.2, -0.15) is 0 Å². The highest BCUT2D eigenvalue weighted by Crippen LogP contribution is 2.35. The van der Waals surface area contributed by atoms with Crippen LogP contribution in [0.25, 0.3) is 0 Å². The smallest absolute Gasteiger partial charge is 0.231 e. The molecule has 1 amide bonds. The highest BCUT2D eigenvalue weighted by atomic mass is 35.5. The Labute approximate surface area is 124 Å². The van der Waals surface area contributed by atoms with Crippen LogP contribution in [-0.4, -0.2) is 25.8 Å². The van der Waals surface area contributed by atoms with Gasteiger partial charge in [0.15, 0.2) is 11.5 Å². The fraction of sp³-hybridized carbons (Fsp3) is 0.500. The molecule has 0 spiro atoms. The van der Waals surface area contributed by atoms with Crippen molar-refractivity contribution in [2.24, 2.45) is 5.92 Å². The average molecular weight is 299 g/mol. The summed E-state index contributed by atoms with van der Waals surface area (Å²) >= 11 is 0. The molecule has 0 bridgehead atoms. The second-order valence-electron chi connectivity index (χ2n) is 4.89. The first kappa shape index (κ1) is 14.9. The monoisotopic (exact) mass is 298 g/mol. The van der Waals surface area contributed by atoms with Gasteiger partial charge in [0.05, 0.1) is 0 Å². The Morgan fingerprint density at radius 2 is 2.10 bits per heavy atom. The number of para-hydroxylation sites is 1. The Hall–Kier alpha value is -1.46. The van der Waals surface area contributed by atoms with E-state index in [0.29, 0.717) is 6.54 Å². The summed E-state index contributed by atoms with van der Waals surface area (Å²) in [6.07, 6.45) is 1.83. The first-order chi connectivity index (χ1) is 9.34. The lowest BCUT2D eigenvalue weighted by atomic mass is 9.97. The molecule has 3 rings (SSSR count). The van der Waals surface area contributed by atoms with Gasteiger partial charge < -0.3 is 20.1 Å². The van der Waals surface area contributed by atoms with Crippen molar-refractivity contribution in [1.82, 2.24) is 10.6 Å². The zero-order valence-corrected chi connectivity index (χ0v) is 12.0. The molecular weight excluding hydrogens is 280 g/mol. The van der Waals surface area contributed by atoms with Gasteiger partial charge in [-0.3, -0.25) is 4.79 Å². The Morgan fingerprint density at radius 1 is 1.30 bits per heavy atom. The normalized spacial score (nSPS) is 17.4. The number of amides is 1. The number of carbonyl (C=O) groups excluding carboxylic acids is 1. The second kappa shape index (κ2) is 6.81. The maximum absolute atomic E-state index is 12.1. The van der Waals surface area contributed by atoms with E-state index in [-0.39, 0.29) is 31.0 Å². The number of rotatable bonds is 3. The average Bonchev–Trinajstić information content (AvgIpc) is 2.94. The molecule has 6 heteroatoms. The number of carbonyl (C=O) groups is 1. The number of fused-ring (bicyclic) bond motifs is 1. The van der Waals surface area contributed by atoms with Crippen molar-refractivity contribution in [2.75, 3.05) is 19.9 Å². The molecule has 0 unspecified atom stereocenters. The van der Waals surface area contributed by atoms with E-state index >= 15 is 0 Å². The molecule has 0 atom stereocenters. The standard InChI is InChI=1S/C14H18N2O3.ClH/c17-14(10-4-6-15-7-5-10)16-8-11-2-1-3-12-13(11)19-9-18-12;/h1-3,10,15H,4-9H2,(H,16,17);1H. The number of benzene rings is 1. The van der Waals surface area contributed by atoms with Gasteiger partial charge in [0.25, 0.3) is 0 Å². The third-order valence-corrected chi connectivity index (χ3v) is 3.64. The fourth-order valence-corrected chi connectivity index (χ4v) is 2.54.